The number of carbonyl (C=O) groups excluding carboxylic acids is 1. The highest BCUT2D eigenvalue weighted by Gasteiger charge is 2.17. The second-order valence-electron chi connectivity index (χ2n) is 6.78. The minimum Gasteiger partial charge on any atom is -0.324 e. The Kier molecular flexibility index (Phi) is 4.75. The van der Waals surface area contributed by atoms with Gasteiger partial charge in [-0.1, -0.05) is 42.1 Å². The third kappa shape index (κ3) is 3.36. The molecule has 0 aliphatic heterocycles. The molecule has 2 aromatic carbocycles. The number of hydrogen-bond acceptors (Lipinski definition) is 6. The standard InChI is InChI=1S/C21H17N7O2S/c1-2-11-27-18(30)13-7-3-6-10-16(13)28-20(27)25-26-21(28)31-12-17(29)24-19-22-14-8-4-5-9-15(14)23-19/h2-10H,1,11-12H2,(H2,22,23,24,29). The number of nitrogens with zero attached hydrogens (tertiary/aromatic N) is 5. The van der Waals surface area contributed by atoms with Gasteiger partial charge in [0.15, 0.2) is 5.16 Å². The van der Waals surface area contributed by atoms with Crippen LogP contribution in [0, 0.1) is 0 Å². The lowest BCUT2D eigenvalue weighted by molar-refractivity contribution is -0.113. The number of rotatable bonds is 6. The Morgan fingerprint density at radius 2 is 1.97 bits per heavy atom. The van der Waals surface area contributed by atoms with Gasteiger partial charge in [0.2, 0.25) is 17.6 Å². The van der Waals surface area contributed by atoms with Gasteiger partial charge in [-0.2, -0.15) is 0 Å². The number of aromatic amines is 1. The number of H-pyrrole nitrogens is 1. The maximum absolute atomic E-state index is 12.8. The van der Waals surface area contributed by atoms with Crippen LogP contribution in [0.15, 0.2) is 71.1 Å². The molecule has 31 heavy (non-hydrogen) atoms. The number of carbonyl (C=O) groups is 1. The zero-order valence-corrected chi connectivity index (χ0v) is 17.1. The molecule has 0 unspecified atom stereocenters. The van der Waals surface area contributed by atoms with Crippen molar-refractivity contribution in [2.24, 2.45) is 0 Å². The number of imidazole rings is 1. The second-order valence-corrected chi connectivity index (χ2v) is 7.72. The highest BCUT2D eigenvalue weighted by molar-refractivity contribution is 7.99. The lowest BCUT2D eigenvalue weighted by Crippen LogP contribution is -2.22. The predicted octanol–water partition coefficient (Wildman–Crippen LogP) is 2.84. The summed E-state index contributed by atoms with van der Waals surface area (Å²) < 4.78 is 3.31. The number of anilines is 1. The fourth-order valence-corrected chi connectivity index (χ4v) is 4.17. The first kappa shape index (κ1) is 19.1. The van der Waals surface area contributed by atoms with Crippen LogP contribution >= 0.6 is 11.8 Å². The number of fused-ring (bicyclic) bond motifs is 4. The Balaban J connectivity index is 1.44. The van der Waals surface area contributed by atoms with E-state index in [4.69, 9.17) is 0 Å². The number of allylic oxidation sites excluding steroid dienone is 1. The van der Waals surface area contributed by atoms with Crippen molar-refractivity contribution < 1.29 is 4.79 Å². The summed E-state index contributed by atoms with van der Waals surface area (Å²) in [5, 5.41) is 12.2. The average Bonchev–Trinajstić information content (AvgIpc) is 3.39. The van der Waals surface area contributed by atoms with E-state index in [0.717, 1.165) is 11.0 Å². The molecule has 1 amide bonds. The van der Waals surface area contributed by atoms with E-state index in [1.807, 2.05) is 42.5 Å². The molecule has 0 atom stereocenters. The van der Waals surface area contributed by atoms with E-state index in [-0.39, 0.29) is 17.2 Å². The van der Waals surface area contributed by atoms with Crippen LogP contribution in [0.3, 0.4) is 0 Å². The SMILES string of the molecule is C=CCn1c(=O)c2ccccc2n2c(SCC(=O)Nc3nc4ccccc4[nH]3)nnc12. The van der Waals surface area contributed by atoms with Crippen LogP contribution in [0.5, 0.6) is 0 Å². The molecule has 0 spiro atoms. The fourth-order valence-electron chi connectivity index (χ4n) is 3.43. The minimum absolute atomic E-state index is 0.104. The van der Waals surface area contributed by atoms with Crippen molar-refractivity contribution in [1.82, 2.24) is 29.1 Å². The number of amides is 1. The molecule has 2 N–H and O–H groups in total. The summed E-state index contributed by atoms with van der Waals surface area (Å²) in [5.74, 6) is 0.670. The van der Waals surface area contributed by atoms with Gasteiger partial charge in [0.05, 0.1) is 27.7 Å². The smallest absolute Gasteiger partial charge is 0.263 e. The van der Waals surface area contributed by atoms with Gasteiger partial charge < -0.3 is 4.98 Å². The van der Waals surface area contributed by atoms with Crippen molar-refractivity contribution in [2.45, 2.75) is 11.7 Å². The number of benzene rings is 2. The molecule has 3 aromatic heterocycles. The van der Waals surface area contributed by atoms with Crippen LogP contribution < -0.4 is 10.9 Å². The molecule has 3 heterocycles. The number of nitrogens with one attached hydrogen (secondary N) is 2. The van der Waals surface area contributed by atoms with Gasteiger partial charge >= 0.3 is 0 Å². The van der Waals surface area contributed by atoms with Crippen molar-refractivity contribution >= 4 is 51.3 Å². The van der Waals surface area contributed by atoms with Crippen LogP contribution in [-0.2, 0) is 11.3 Å². The third-order valence-corrected chi connectivity index (χ3v) is 5.70. The molecule has 0 fully saturated rings. The van der Waals surface area contributed by atoms with E-state index in [1.165, 1.54) is 16.3 Å². The van der Waals surface area contributed by atoms with Crippen LogP contribution in [-0.4, -0.2) is 40.8 Å². The molecule has 0 aliphatic rings. The summed E-state index contributed by atoms with van der Waals surface area (Å²) in [4.78, 5) is 32.7. The zero-order valence-electron chi connectivity index (χ0n) is 16.3. The zero-order chi connectivity index (χ0) is 21.4. The summed E-state index contributed by atoms with van der Waals surface area (Å²) in [5.41, 5.74) is 2.16. The number of thioether (sulfide) groups is 1. The quantitative estimate of drug-likeness (QED) is 0.316. The largest absolute Gasteiger partial charge is 0.324 e. The van der Waals surface area contributed by atoms with Crippen LogP contribution in [0.25, 0.3) is 27.7 Å². The van der Waals surface area contributed by atoms with E-state index in [2.05, 4.69) is 32.1 Å². The molecule has 9 nitrogen and oxygen atoms in total. The first-order valence-electron chi connectivity index (χ1n) is 9.50. The number of hydrogen-bond donors (Lipinski definition) is 2. The Morgan fingerprint density at radius 3 is 2.81 bits per heavy atom. The molecule has 0 aliphatic carbocycles. The fraction of sp³-hybridized carbons (Fsp3) is 0.0952. The van der Waals surface area contributed by atoms with E-state index >= 15 is 0 Å². The highest BCUT2D eigenvalue weighted by Crippen LogP contribution is 2.22. The maximum atomic E-state index is 12.8. The molecule has 0 saturated heterocycles. The number of para-hydroxylation sites is 3. The van der Waals surface area contributed by atoms with E-state index in [1.54, 1.807) is 16.5 Å². The Labute approximate surface area is 179 Å². The first-order valence-corrected chi connectivity index (χ1v) is 10.5. The van der Waals surface area contributed by atoms with E-state index < -0.39 is 0 Å². The van der Waals surface area contributed by atoms with Crippen molar-refractivity contribution in [1.29, 1.82) is 0 Å². The molecule has 0 saturated carbocycles. The molecule has 5 aromatic rings. The van der Waals surface area contributed by atoms with Crippen molar-refractivity contribution in [3.63, 3.8) is 0 Å². The predicted molar refractivity (Wildman–Crippen MR) is 120 cm³/mol. The second kappa shape index (κ2) is 7.73. The average molecular weight is 431 g/mol. The Hall–Kier alpha value is -3.92. The van der Waals surface area contributed by atoms with Crippen LogP contribution in [0.1, 0.15) is 0 Å². The highest BCUT2D eigenvalue weighted by atomic mass is 32.2. The van der Waals surface area contributed by atoms with Gasteiger partial charge in [-0.05, 0) is 24.3 Å². The normalized spacial score (nSPS) is 11.4. The van der Waals surface area contributed by atoms with E-state index in [0.29, 0.717) is 34.3 Å². The summed E-state index contributed by atoms with van der Waals surface area (Å²) >= 11 is 1.23. The summed E-state index contributed by atoms with van der Waals surface area (Å²) in [6.45, 7) is 4.03. The van der Waals surface area contributed by atoms with Crippen molar-refractivity contribution in [2.75, 3.05) is 11.1 Å². The minimum atomic E-state index is -0.232. The van der Waals surface area contributed by atoms with Gasteiger partial charge in [0.25, 0.3) is 5.56 Å². The maximum Gasteiger partial charge on any atom is 0.263 e. The summed E-state index contributed by atoms with van der Waals surface area (Å²) in [6, 6.07) is 14.8. The van der Waals surface area contributed by atoms with Crippen LogP contribution in [0.2, 0.25) is 0 Å². The molecule has 154 valence electrons. The lowest BCUT2D eigenvalue weighted by atomic mass is 10.2. The van der Waals surface area contributed by atoms with Gasteiger partial charge in [0, 0.05) is 6.54 Å². The Bertz CT molecular complexity index is 1480. The van der Waals surface area contributed by atoms with Crippen molar-refractivity contribution in [3.8, 4) is 0 Å². The monoisotopic (exact) mass is 431 g/mol. The first-order chi connectivity index (χ1) is 15.2. The summed E-state index contributed by atoms with van der Waals surface area (Å²) in [7, 11) is 0. The molecular weight excluding hydrogens is 414 g/mol. The lowest BCUT2D eigenvalue weighted by Gasteiger charge is -2.09. The number of aromatic nitrogens is 6. The van der Waals surface area contributed by atoms with Gasteiger partial charge in [-0.25, -0.2) is 4.98 Å². The molecule has 10 heteroatoms. The molecule has 0 radical (unpaired) electrons. The molecule has 0 bridgehead atoms. The molecule has 5 rings (SSSR count). The molecular formula is C21H17N7O2S. The summed E-state index contributed by atoms with van der Waals surface area (Å²) in [6.07, 6.45) is 1.64. The van der Waals surface area contributed by atoms with Gasteiger partial charge in [0.1, 0.15) is 0 Å². The van der Waals surface area contributed by atoms with Gasteiger partial charge in [-0.3, -0.25) is 23.9 Å². The van der Waals surface area contributed by atoms with Crippen molar-refractivity contribution in [3.05, 3.63) is 71.5 Å². The van der Waals surface area contributed by atoms with Crippen LogP contribution in [0.4, 0.5) is 5.95 Å². The van der Waals surface area contributed by atoms with E-state index in [9.17, 15) is 9.59 Å². The Morgan fingerprint density at radius 1 is 1.16 bits per heavy atom. The third-order valence-electron chi connectivity index (χ3n) is 4.77. The topological polar surface area (TPSA) is 110 Å². The van der Waals surface area contributed by atoms with Gasteiger partial charge in [-0.15, -0.1) is 16.8 Å².